The average Bonchev–Trinajstić information content (AvgIpc) is 3.59. The molecule has 2 aromatic heterocycles. The number of para-hydroxylation sites is 1. The lowest BCUT2D eigenvalue weighted by Gasteiger charge is -2.29. The summed E-state index contributed by atoms with van der Waals surface area (Å²) in [5.74, 6) is 1.98. The SMILES string of the molecule is C=C/C=C\C(C)=Nc1cc2c(cc1C)-c1ccccc1C(c1ccc3oc4c(-c5nc(-c6ccccc6)nc(-c6ccccc6)n5)cccc4c3c1)C2. The van der Waals surface area contributed by atoms with E-state index in [0.717, 1.165) is 62.0 Å². The molecule has 1 aliphatic rings. The van der Waals surface area contributed by atoms with Gasteiger partial charge in [-0.15, -0.1) is 0 Å². The van der Waals surface area contributed by atoms with Gasteiger partial charge in [0.25, 0.3) is 0 Å². The van der Waals surface area contributed by atoms with Crippen LogP contribution >= 0.6 is 0 Å². The second-order valence-corrected chi connectivity index (χ2v) is 13.6. The van der Waals surface area contributed by atoms with Gasteiger partial charge in [-0.25, -0.2) is 15.0 Å². The Balaban J connectivity index is 1.16. The average molecular weight is 685 g/mol. The number of aryl methyl sites for hydroxylation is 1. The van der Waals surface area contributed by atoms with Gasteiger partial charge in [0.1, 0.15) is 11.2 Å². The number of aliphatic imine (C=N–C) groups is 1. The molecule has 0 bridgehead atoms. The molecular weight excluding hydrogens is 649 g/mol. The molecule has 0 fully saturated rings. The minimum atomic E-state index is 0.169. The van der Waals surface area contributed by atoms with Crippen LogP contribution in [0.5, 0.6) is 0 Å². The zero-order valence-electron chi connectivity index (χ0n) is 29.6. The second kappa shape index (κ2) is 13.4. The minimum Gasteiger partial charge on any atom is -0.455 e. The molecule has 0 radical (unpaired) electrons. The lowest BCUT2D eigenvalue weighted by Crippen LogP contribution is -2.13. The molecule has 0 aliphatic heterocycles. The van der Waals surface area contributed by atoms with Crippen molar-refractivity contribution in [2.75, 3.05) is 0 Å². The zero-order valence-corrected chi connectivity index (χ0v) is 29.6. The van der Waals surface area contributed by atoms with E-state index in [0.29, 0.717) is 17.5 Å². The number of allylic oxidation sites excluding steroid dienone is 3. The Morgan fingerprint density at radius 3 is 2.11 bits per heavy atom. The highest BCUT2D eigenvalue weighted by atomic mass is 16.3. The van der Waals surface area contributed by atoms with Crippen LogP contribution in [0.4, 0.5) is 5.69 Å². The summed E-state index contributed by atoms with van der Waals surface area (Å²) in [7, 11) is 0. The molecule has 0 N–H and O–H groups in total. The van der Waals surface area contributed by atoms with Crippen molar-refractivity contribution in [3.05, 3.63) is 181 Å². The van der Waals surface area contributed by atoms with Crippen molar-refractivity contribution in [2.45, 2.75) is 26.2 Å². The van der Waals surface area contributed by atoms with E-state index in [1.165, 1.54) is 27.8 Å². The molecule has 53 heavy (non-hydrogen) atoms. The maximum absolute atomic E-state index is 6.66. The van der Waals surface area contributed by atoms with E-state index in [1.54, 1.807) is 6.08 Å². The van der Waals surface area contributed by atoms with Gasteiger partial charge in [-0.05, 0) is 90.1 Å². The Labute approximate surface area is 308 Å². The van der Waals surface area contributed by atoms with Crippen molar-refractivity contribution in [3.63, 3.8) is 0 Å². The van der Waals surface area contributed by atoms with Gasteiger partial charge in [-0.3, -0.25) is 4.99 Å². The first-order valence-electron chi connectivity index (χ1n) is 17.9. The van der Waals surface area contributed by atoms with Gasteiger partial charge in [-0.1, -0.05) is 122 Å². The summed E-state index contributed by atoms with van der Waals surface area (Å²) in [4.78, 5) is 19.9. The number of nitrogens with zero attached hydrogens (tertiary/aromatic N) is 4. The van der Waals surface area contributed by atoms with Crippen LogP contribution in [-0.2, 0) is 6.42 Å². The molecule has 5 heteroatoms. The molecule has 6 aromatic carbocycles. The van der Waals surface area contributed by atoms with Crippen molar-refractivity contribution in [1.29, 1.82) is 0 Å². The van der Waals surface area contributed by atoms with E-state index in [-0.39, 0.29) is 5.92 Å². The third-order valence-corrected chi connectivity index (χ3v) is 10.1. The summed E-state index contributed by atoms with van der Waals surface area (Å²) in [5, 5.41) is 2.10. The lowest BCUT2D eigenvalue weighted by molar-refractivity contribution is 0.669. The van der Waals surface area contributed by atoms with Gasteiger partial charge >= 0.3 is 0 Å². The Morgan fingerprint density at radius 2 is 1.38 bits per heavy atom. The number of fused-ring (bicyclic) bond motifs is 6. The third kappa shape index (κ3) is 5.96. The van der Waals surface area contributed by atoms with Gasteiger partial charge in [0, 0.05) is 33.5 Å². The lowest BCUT2D eigenvalue weighted by atomic mass is 9.75. The summed E-state index contributed by atoms with van der Waals surface area (Å²) >= 11 is 0. The summed E-state index contributed by atoms with van der Waals surface area (Å²) in [6, 6.07) is 46.4. The van der Waals surface area contributed by atoms with Crippen molar-refractivity contribution >= 4 is 33.3 Å². The molecule has 1 aliphatic carbocycles. The normalized spacial score (nSPS) is 14.1. The zero-order chi connectivity index (χ0) is 35.9. The fraction of sp³-hybridized carbons (Fsp3) is 0.0833. The van der Waals surface area contributed by atoms with E-state index in [4.69, 9.17) is 24.4 Å². The molecule has 2 heterocycles. The molecule has 0 spiro atoms. The molecule has 254 valence electrons. The highest BCUT2D eigenvalue weighted by molar-refractivity contribution is 6.09. The van der Waals surface area contributed by atoms with Crippen LogP contribution in [0.25, 0.3) is 67.2 Å². The molecule has 1 atom stereocenters. The van der Waals surface area contributed by atoms with Gasteiger partial charge in [0.05, 0.1) is 11.3 Å². The smallest absolute Gasteiger partial charge is 0.167 e. The molecule has 5 nitrogen and oxygen atoms in total. The van der Waals surface area contributed by atoms with E-state index >= 15 is 0 Å². The Hall–Kier alpha value is -6.72. The number of hydrogen-bond acceptors (Lipinski definition) is 5. The fourth-order valence-corrected chi connectivity index (χ4v) is 7.53. The van der Waals surface area contributed by atoms with Gasteiger partial charge in [0.2, 0.25) is 0 Å². The van der Waals surface area contributed by atoms with Gasteiger partial charge in [-0.2, -0.15) is 0 Å². The number of aromatic nitrogens is 3. The molecule has 9 rings (SSSR count). The van der Waals surface area contributed by atoms with Gasteiger partial charge in [0.15, 0.2) is 17.5 Å². The molecule has 8 aromatic rings. The molecule has 0 saturated carbocycles. The monoisotopic (exact) mass is 684 g/mol. The molecule has 0 amide bonds. The summed E-state index contributed by atoms with van der Waals surface area (Å²) < 4.78 is 6.66. The summed E-state index contributed by atoms with van der Waals surface area (Å²) in [6.07, 6.45) is 6.56. The van der Waals surface area contributed by atoms with Crippen molar-refractivity contribution in [1.82, 2.24) is 15.0 Å². The predicted octanol–water partition coefficient (Wildman–Crippen LogP) is 12.3. The van der Waals surface area contributed by atoms with E-state index in [9.17, 15) is 0 Å². The Morgan fingerprint density at radius 1 is 0.698 bits per heavy atom. The number of furan rings is 1. The Kier molecular flexibility index (Phi) is 8.17. The standard InChI is InChI=1S/C48H36N4O/c1-4-5-15-31(3)49-43-29-35-28-41(37-21-13-12-20-36(37)40(35)26-30(43)2)34-24-25-44-42(27-34)38-22-14-23-39(45(38)53-44)48-51-46(32-16-8-6-9-17-32)50-47(52-48)33-18-10-7-11-19-33/h4-27,29,41H,1,28H2,2-3H3/b15-5-,49-31?. The van der Waals surface area contributed by atoms with E-state index in [1.807, 2.05) is 85.8 Å². The predicted molar refractivity (Wildman–Crippen MR) is 218 cm³/mol. The van der Waals surface area contributed by atoms with Crippen LogP contribution in [0, 0.1) is 6.92 Å². The first kappa shape index (κ1) is 32.2. The maximum atomic E-state index is 6.66. The van der Waals surface area contributed by atoms with Crippen molar-refractivity contribution < 1.29 is 4.42 Å². The number of rotatable bonds is 7. The first-order valence-corrected chi connectivity index (χ1v) is 17.9. The second-order valence-electron chi connectivity index (χ2n) is 13.6. The quantitative estimate of drug-likeness (QED) is 0.124. The minimum absolute atomic E-state index is 0.169. The van der Waals surface area contributed by atoms with Crippen molar-refractivity contribution in [2.24, 2.45) is 4.99 Å². The summed E-state index contributed by atoms with van der Waals surface area (Å²) in [5.41, 5.74) is 13.8. The van der Waals surface area contributed by atoms with Gasteiger partial charge < -0.3 is 4.42 Å². The summed E-state index contributed by atoms with van der Waals surface area (Å²) in [6.45, 7) is 7.97. The molecule has 1 unspecified atom stereocenters. The van der Waals surface area contributed by atoms with E-state index < -0.39 is 0 Å². The van der Waals surface area contributed by atoms with Crippen LogP contribution in [0.3, 0.4) is 0 Å². The largest absolute Gasteiger partial charge is 0.455 e. The van der Waals surface area contributed by atoms with Crippen LogP contribution < -0.4 is 0 Å². The molecular formula is C48H36N4O. The molecule has 0 saturated heterocycles. The Bertz CT molecular complexity index is 2680. The highest BCUT2D eigenvalue weighted by Crippen LogP contribution is 2.46. The van der Waals surface area contributed by atoms with Crippen LogP contribution in [0.1, 0.15) is 35.1 Å². The van der Waals surface area contributed by atoms with Crippen LogP contribution in [-0.4, -0.2) is 20.7 Å². The highest BCUT2D eigenvalue weighted by Gasteiger charge is 2.27. The number of benzene rings is 6. The maximum Gasteiger partial charge on any atom is 0.167 e. The topological polar surface area (TPSA) is 64.2 Å². The van der Waals surface area contributed by atoms with Crippen LogP contribution in [0.2, 0.25) is 0 Å². The van der Waals surface area contributed by atoms with E-state index in [2.05, 4.69) is 80.2 Å². The first-order chi connectivity index (χ1) is 26.0. The fourth-order valence-electron chi connectivity index (χ4n) is 7.53. The van der Waals surface area contributed by atoms with Crippen LogP contribution in [0.15, 0.2) is 168 Å². The van der Waals surface area contributed by atoms with Crippen molar-refractivity contribution in [3.8, 4) is 45.3 Å². The number of hydrogen-bond donors (Lipinski definition) is 0. The third-order valence-electron chi connectivity index (χ3n) is 10.1.